The number of carbonyl (C=O) groups excluding carboxylic acids is 1. The van der Waals surface area contributed by atoms with Gasteiger partial charge in [0, 0.05) is 12.1 Å². The number of nitriles is 1. The van der Waals surface area contributed by atoms with Crippen molar-refractivity contribution in [3.8, 4) is 6.07 Å². The van der Waals surface area contributed by atoms with Gasteiger partial charge in [0.15, 0.2) is 0 Å². The van der Waals surface area contributed by atoms with E-state index in [2.05, 4.69) is 10.6 Å². The van der Waals surface area contributed by atoms with Crippen LogP contribution in [-0.2, 0) is 4.79 Å². The van der Waals surface area contributed by atoms with Crippen LogP contribution in [0, 0.1) is 17.2 Å². The van der Waals surface area contributed by atoms with Crippen LogP contribution in [0.3, 0.4) is 0 Å². The average Bonchev–Trinajstić information content (AvgIpc) is 2.48. The van der Waals surface area contributed by atoms with Crippen LogP contribution in [0.1, 0.15) is 31.2 Å². The fraction of sp³-hybridized carbons (Fsp3) is 0.467. The largest absolute Gasteiger partial charge is 0.326 e. The van der Waals surface area contributed by atoms with Gasteiger partial charge in [0.1, 0.15) is 6.07 Å². The molecule has 1 aromatic carbocycles. The molecule has 0 atom stereocenters. The summed E-state index contributed by atoms with van der Waals surface area (Å²) < 4.78 is 0. The lowest BCUT2D eigenvalue weighted by Gasteiger charge is -2.22. The Morgan fingerprint density at radius 2 is 2.20 bits per heavy atom. The van der Waals surface area contributed by atoms with Crippen molar-refractivity contribution in [1.29, 1.82) is 5.26 Å². The molecule has 1 heterocycles. The zero-order chi connectivity index (χ0) is 14.4. The van der Waals surface area contributed by atoms with Gasteiger partial charge >= 0.3 is 0 Å². The molecule has 0 aromatic heterocycles. The Labute approximate surface area is 124 Å². The average molecular weight is 292 g/mol. The van der Waals surface area contributed by atoms with Crippen LogP contribution >= 0.6 is 11.6 Å². The number of amides is 1. The third kappa shape index (κ3) is 4.22. The first kappa shape index (κ1) is 14.8. The molecule has 0 saturated carbocycles. The van der Waals surface area contributed by atoms with Gasteiger partial charge in [0.2, 0.25) is 5.91 Å². The molecule has 5 heteroatoms. The van der Waals surface area contributed by atoms with Gasteiger partial charge < -0.3 is 10.6 Å². The predicted molar refractivity (Wildman–Crippen MR) is 79.6 cm³/mol. The number of halogens is 1. The minimum absolute atomic E-state index is 0.00487. The molecule has 1 amide bonds. The van der Waals surface area contributed by atoms with E-state index in [1.54, 1.807) is 18.2 Å². The summed E-state index contributed by atoms with van der Waals surface area (Å²) >= 11 is 5.85. The molecule has 0 unspecified atom stereocenters. The minimum atomic E-state index is -0.00487. The molecule has 20 heavy (non-hydrogen) atoms. The van der Waals surface area contributed by atoms with Crippen LogP contribution in [0.25, 0.3) is 0 Å². The van der Waals surface area contributed by atoms with E-state index >= 15 is 0 Å². The van der Waals surface area contributed by atoms with Gasteiger partial charge in [-0.3, -0.25) is 4.79 Å². The predicted octanol–water partition coefficient (Wildman–Crippen LogP) is 2.93. The van der Waals surface area contributed by atoms with Gasteiger partial charge in [0.25, 0.3) is 0 Å². The summed E-state index contributed by atoms with van der Waals surface area (Å²) in [4.78, 5) is 11.9. The van der Waals surface area contributed by atoms with Crippen LogP contribution in [-0.4, -0.2) is 19.0 Å². The van der Waals surface area contributed by atoms with Crippen LogP contribution in [0.2, 0.25) is 5.02 Å². The van der Waals surface area contributed by atoms with E-state index in [0.29, 0.717) is 28.6 Å². The van der Waals surface area contributed by atoms with E-state index in [0.717, 1.165) is 32.4 Å². The molecule has 0 aliphatic carbocycles. The number of hydrogen-bond donors (Lipinski definition) is 2. The van der Waals surface area contributed by atoms with Crippen LogP contribution in [0.5, 0.6) is 0 Å². The smallest absolute Gasteiger partial charge is 0.224 e. The highest BCUT2D eigenvalue weighted by molar-refractivity contribution is 6.31. The first-order valence-electron chi connectivity index (χ1n) is 6.89. The molecule has 1 saturated heterocycles. The maximum absolute atomic E-state index is 11.9. The summed E-state index contributed by atoms with van der Waals surface area (Å²) in [6, 6.07) is 6.95. The molecule has 2 N–H and O–H groups in total. The lowest BCUT2D eigenvalue weighted by atomic mass is 9.93. The first-order valence-corrected chi connectivity index (χ1v) is 7.27. The van der Waals surface area contributed by atoms with Crippen molar-refractivity contribution in [1.82, 2.24) is 5.32 Å². The Hall–Kier alpha value is -1.57. The van der Waals surface area contributed by atoms with Crippen LogP contribution in [0.4, 0.5) is 5.69 Å². The van der Waals surface area contributed by atoms with Gasteiger partial charge in [-0.15, -0.1) is 0 Å². The topological polar surface area (TPSA) is 64.9 Å². The van der Waals surface area contributed by atoms with E-state index in [4.69, 9.17) is 16.9 Å². The van der Waals surface area contributed by atoms with E-state index in [1.807, 2.05) is 6.07 Å². The van der Waals surface area contributed by atoms with Crippen molar-refractivity contribution in [2.24, 2.45) is 5.92 Å². The zero-order valence-electron chi connectivity index (χ0n) is 11.3. The lowest BCUT2D eigenvalue weighted by Crippen LogP contribution is -2.28. The van der Waals surface area contributed by atoms with Crippen molar-refractivity contribution >= 4 is 23.2 Å². The number of piperidine rings is 1. The highest BCUT2D eigenvalue weighted by atomic mass is 35.5. The van der Waals surface area contributed by atoms with Crippen molar-refractivity contribution in [3.63, 3.8) is 0 Å². The van der Waals surface area contributed by atoms with E-state index in [1.165, 1.54) is 0 Å². The highest BCUT2D eigenvalue weighted by Gasteiger charge is 2.14. The molecular formula is C15H18ClN3O. The number of nitrogens with one attached hydrogen (secondary N) is 2. The van der Waals surface area contributed by atoms with Crippen molar-refractivity contribution < 1.29 is 4.79 Å². The third-order valence-corrected chi connectivity index (χ3v) is 3.94. The summed E-state index contributed by atoms with van der Waals surface area (Å²) in [7, 11) is 0. The molecule has 4 nitrogen and oxygen atoms in total. The molecule has 0 radical (unpaired) electrons. The Morgan fingerprint density at radius 3 is 2.90 bits per heavy atom. The number of carbonyl (C=O) groups is 1. The van der Waals surface area contributed by atoms with E-state index < -0.39 is 0 Å². The third-order valence-electron chi connectivity index (χ3n) is 3.61. The van der Waals surface area contributed by atoms with Gasteiger partial charge in [0.05, 0.1) is 10.6 Å². The Kier molecular flexibility index (Phi) is 5.40. The summed E-state index contributed by atoms with van der Waals surface area (Å²) in [6.45, 7) is 2.10. The molecule has 1 aromatic rings. The SMILES string of the molecule is N#Cc1cc(NC(=O)CCC2CCNCC2)ccc1Cl. The summed E-state index contributed by atoms with van der Waals surface area (Å²) in [5.41, 5.74) is 1.00. The van der Waals surface area contributed by atoms with Crippen LogP contribution in [0.15, 0.2) is 18.2 Å². The Morgan fingerprint density at radius 1 is 1.45 bits per heavy atom. The number of benzene rings is 1. The second kappa shape index (κ2) is 7.28. The molecule has 2 rings (SSSR count). The monoisotopic (exact) mass is 291 g/mol. The lowest BCUT2D eigenvalue weighted by molar-refractivity contribution is -0.116. The normalized spacial score (nSPS) is 15.6. The second-order valence-corrected chi connectivity index (χ2v) is 5.49. The minimum Gasteiger partial charge on any atom is -0.326 e. The number of rotatable bonds is 4. The summed E-state index contributed by atoms with van der Waals surface area (Å²) in [6.07, 6.45) is 3.74. The maximum atomic E-state index is 11.9. The number of hydrogen-bond acceptors (Lipinski definition) is 3. The summed E-state index contributed by atoms with van der Waals surface area (Å²) in [5, 5.41) is 15.4. The van der Waals surface area contributed by atoms with Crippen molar-refractivity contribution in [2.45, 2.75) is 25.7 Å². The molecule has 1 aliphatic rings. The van der Waals surface area contributed by atoms with Gasteiger partial charge in [-0.2, -0.15) is 5.26 Å². The van der Waals surface area contributed by atoms with Crippen molar-refractivity contribution in [2.75, 3.05) is 18.4 Å². The summed E-state index contributed by atoms with van der Waals surface area (Å²) in [5.74, 6) is 0.636. The molecular weight excluding hydrogens is 274 g/mol. The molecule has 1 aliphatic heterocycles. The quantitative estimate of drug-likeness (QED) is 0.896. The first-order chi connectivity index (χ1) is 9.69. The zero-order valence-corrected chi connectivity index (χ0v) is 12.0. The second-order valence-electron chi connectivity index (χ2n) is 5.09. The molecule has 0 spiro atoms. The maximum Gasteiger partial charge on any atom is 0.224 e. The number of nitrogens with zero attached hydrogens (tertiary/aromatic N) is 1. The Bertz CT molecular complexity index is 518. The van der Waals surface area contributed by atoms with E-state index in [9.17, 15) is 4.79 Å². The van der Waals surface area contributed by atoms with Gasteiger partial charge in [-0.05, 0) is 56.5 Å². The molecule has 0 bridgehead atoms. The fourth-order valence-electron chi connectivity index (χ4n) is 2.42. The van der Waals surface area contributed by atoms with Gasteiger partial charge in [-0.25, -0.2) is 0 Å². The molecule has 1 fully saturated rings. The highest BCUT2D eigenvalue weighted by Crippen LogP contribution is 2.21. The van der Waals surface area contributed by atoms with Gasteiger partial charge in [-0.1, -0.05) is 11.6 Å². The molecule has 106 valence electrons. The number of anilines is 1. The van der Waals surface area contributed by atoms with Crippen LogP contribution < -0.4 is 10.6 Å². The Balaban J connectivity index is 1.83. The standard InChI is InChI=1S/C15H18ClN3O/c16-14-3-2-13(9-12(14)10-17)19-15(20)4-1-11-5-7-18-8-6-11/h2-3,9,11,18H,1,4-8H2,(H,19,20). The fourth-order valence-corrected chi connectivity index (χ4v) is 2.58. The van der Waals surface area contributed by atoms with Crippen molar-refractivity contribution in [3.05, 3.63) is 28.8 Å². The van der Waals surface area contributed by atoms with E-state index in [-0.39, 0.29) is 5.91 Å².